The zero-order chi connectivity index (χ0) is 25.8. The second-order valence-electron chi connectivity index (χ2n) is 9.67. The van der Waals surface area contributed by atoms with Gasteiger partial charge in [-0.2, -0.15) is 0 Å². The van der Waals surface area contributed by atoms with Crippen molar-refractivity contribution in [2.75, 3.05) is 40.4 Å². The van der Waals surface area contributed by atoms with Gasteiger partial charge in [-0.3, -0.25) is 9.80 Å². The fourth-order valence-electron chi connectivity index (χ4n) is 5.41. The molecule has 1 aromatic heterocycles. The molecule has 1 aliphatic rings. The van der Waals surface area contributed by atoms with Gasteiger partial charge in [-0.05, 0) is 49.2 Å². The summed E-state index contributed by atoms with van der Waals surface area (Å²) in [5.74, 6) is 2.69. The Labute approximate surface area is 219 Å². The maximum absolute atomic E-state index is 5.55. The van der Waals surface area contributed by atoms with Crippen LogP contribution in [-0.4, -0.2) is 60.2 Å². The maximum Gasteiger partial charge on any atom is 0.137 e. The monoisotopic (exact) mass is 496 g/mol. The Morgan fingerprint density at radius 3 is 1.89 bits per heavy atom. The normalized spacial score (nSPS) is 15.6. The number of H-pyrrole nitrogens is 1. The van der Waals surface area contributed by atoms with E-state index in [9.17, 15) is 0 Å². The number of benzene rings is 3. The highest BCUT2D eigenvalue weighted by molar-refractivity contribution is 5.55. The first-order valence-electron chi connectivity index (χ1n) is 13.0. The molecule has 0 radical (unpaired) electrons. The summed E-state index contributed by atoms with van der Waals surface area (Å²) < 4.78 is 11.1. The lowest BCUT2D eigenvalue weighted by atomic mass is 9.95. The van der Waals surface area contributed by atoms with Crippen molar-refractivity contribution >= 4 is 0 Å². The molecule has 1 saturated heterocycles. The van der Waals surface area contributed by atoms with Crippen LogP contribution >= 0.6 is 0 Å². The van der Waals surface area contributed by atoms with E-state index in [2.05, 4.69) is 89.3 Å². The van der Waals surface area contributed by atoms with E-state index in [1.807, 2.05) is 18.2 Å². The van der Waals surface area contributed by atoms with E-state index in [-0.39, 0.29) is 12.1 Å². The van der Waals surface area contributed by atoms with Gasteiger partial charge >= 0.3 is 0 Å². The van der Waals surface area contributed by atoms with E-state index in [4.69, 9.17) is 14.5 Å². The summed E-state index contributed by atoms with van der Waals surface area (Å²) >= 11 is 0. The molecule has 0 saturated carbocycles. The number of hydrogen-bond acceptors (Lipinski definition) is 5. The smallest absolute Gasteiger partial charge is 0.137 e. The van der Waals surface area contributed by atoms with Gasteiger partial charge in [0.25, 0.3) is 0 Å². The van der Waals surface area contributed by atoms with E-state index in [0.29, 0.717) is 0 Å². The molecule has 37 heavy (non-hydrogen) atoms. The van der Waals surface area contributed by atoms with Crippen LogP contribution in [0.3, 0.4) is 0 Å². The number of rotatable bonds is 8. The number of nitrogens with one attached hydrogen (secondary N) is 1. The third-order valence-electron chi connectivity index (χ3n) is 7.45. The Morgan fingerprint density at radius 2 is 1.32 bits per heavy atom. The third kappa shape index (κ3) is 5.41. The number of aromatic nitrogens is 2. The van der Waals surface area contributed by atoms with E-state index in [1.165, 1.54) is 11.1 Å². The molecule has 5 rings (SSSR count). The van der Waals surface area contributed by atoms with E-state index >= 15 is 0 Å². The topological polar surface area (TPSA) is 53.6 Å². The van der Waals surface area contributed by atoms with Crippen molar-refractivity contribution in [1.29, 1.82) is 0 Å². The number of ether oxygens (including phenoxy) is 2. The molecular weight excluding hydrogens is 460 g/mol. The summed E-state index contributed by atoms with van der Waals surface area (Å²) in [7, 11) is 3.44. The molecule has 3 aromatic carbocycles. The summed E-state index contributed by atoms with van der Waals surface area (Å²) in [5.41, 5.74) is 5.84. The van der Waals surface area contributed by atoms with Gasteiger partial charge in [-0.15, -0.1) is 0 Å². The quantitative estimate of drug-likeness (QED) is 0.331. The lowest BCUT2D eigenvalue weighted by Crippen LogP contribution is -2.48. The third-order valence-corrected chi connectivity index (χ3v) is 7.45. The minimum atomic E-state index is 0.124. The first-order chi connectivity index (χ1) is 18.1. The number of aryl methyl sites for hydroxylation is 1. The summed E-state index contributed by atoms with van der Waals surface area (Å²) in [6.45, 7) is 8.26. The van der Waals surface area contributed by atoms with Gasteiger partial charge < -0.3 is 14.5 Å². The number of methoxy groups -OCH3 is 2. The van der Waals surface area contributed by atoms with Crippen LogP contribution in [0.15, 0.2) is 78.9 Å². The minimum absolute atomic E-state index is 0.124. The van der Waals surface area contributed by atoms with Crippen molar-refractivity contribution in [3.63, 3.8) is 0 Å². The Hall–Kier alpha value is -3.61. The number of piperazine rings is 1. The second kappa shape index (κ2) is 11.2. The van der Waals surface area contributed by atoms with Crippen LogP contribution in [-0.2, 0) is 0 Å². The molecule has 2 heterocycles. The highest BCUT2D eigenvalue weighted by atomic mass is 16.5. The van der Waals surface area contributed by atoms with Crippen molar-refractivity contribution < 1.29 is 9.47 Å². The molecule has 1 N–H and O–H groups in total. The van der Waals surface area contributed by atoms with Crippen LogP contribution in [0.1, 0.15) is 41.5 Å². The van der Waals surface area contributed by atoms with Crippen molar-refractivity contribution in [2.45, 2.75) is 25.9 Å². The molecule has 0 aliphatic carbocycles. The molecule has 1 unspecified atom stereocenters. The average Bonchev–Trinajstić information content (AvgIpc) is 3.35. The van der Waals surface area contributed by atoms with Gasteiger partial charge in [-0.1, -0.05) is 54.6 Å². The highest BCUT2D eigenvalue weighted by Crippen LogP contribution is 2.34. The molecule has 0 spiro atoms. The van der Waals surface area contributed by atoms with E-state index in [0.717, 1.165) is 60.5 Å². The van der Waals surface area contributed by atoms with Crippen LogP contribution in [0.25, 0.3) is 11.4 Å². The average molecular weight is 497 g/mol. The number of nitrogens with zero attached hydrogens (tertiary/aromatic N) is 3. The van der Waals surface area contributed by atoms with E-state index < -0.39 is 0 Å². The summed E-state index contributed by atoms with van der Waals surface area (Å²) in [6.07, 6.45) is 0. The van der Waals surface area contributed by atoms with Crippen LogP contribution in [0.2, 0.25) is 0 Å². The van der Waals surface area contributed by atoms with Crippen LogP contribution < -0.4 is 9.47 Å². The Kier molecular flexibility index (Phi) is 7.58. The molecule has 1 aliphatic heterocycles. The van der Waals surface area contributed by atoms with Gasteiger partial charge in [0.15, 0.2) is 0 Å². The highest BCUT2D eigenvalue weighted by Gasteiger charge is 2.30. The molecule has 4 aromatic rings. The van der Waals surface area contributed by atoms with Gasteiger partial charge in [0.2, 0.25) is 0 Å². The van der Waals surface area contributed by atoms with Crippen LogP contribution in [0.5, 0.6) is 11.5 Å². The summed E-state index contributed by atoms with van der Waals surface area (Å²) in [6, 6.07) is 27.5. The molecule has 1 fully saturated rings. The minimum Gasteiger partial charge on any atom is -0.497 e. The SMILES string of the molecule is COc1cccc(C(c2cccc(OC)c2)N2CCN(C(C)c3nc(-c4ccccc4)[nH]c3C)CC2)c1. The predicted molar refractivity (Wildman–Crippen MR) is 148 cm³/mol. The molecule has 0 amide bonds. The standard InChI is InChI=1S/C31H36N4O2/c1-22-29(33-31(32-22)24-10-6-5-7-11-24)23(2)34-16-18-35(19-17-34)30(25-12-8-14-27(20-25)36-3)26-13-9-15-28(21-26)37-4/h5-15,20-21,23,30H,16-19H2,1-4H3,(H,32,33). The molecule has 6 nitrogen and oxygen atoms in total. The fraction of sp³-hybridized carbons (Fsp3) is 0.323. The first kappa shape index (κ1) is 25.1. The fourth-order valence-corrected chi connectivity index (χ4v) is 5.41. The lowest BCUT2D eigenvalue weighted by molar-refractivity contribution is 0.0825. The first-order valence-corrected chi connectivity index (χ1v) is 13.0. The number of imidazole rings is 1. The molecule has 6 heteroatoms. The van der Waals surface area contributed by atoms with Crippen molar-refractivity contribution in [3.05, 3.63) is 101 Å². The van der Waals surface area contributed by atoms with Crippen LogP contribution in [0, 0.1) is 6.92 Å². The number of hydrogen-bond donors (Lipinski definition) is 1. The van der Waals surface area contributed by atoms with Crippen molar-refractivity contribution in [3.8, 4) is 22.9 Å². The lowest BCUT2D eigenvalue weighted by Gasteiger charge is -2.41. The Balaban J connectivity index is 1.36. The van der Waals surface area contributed by atoms with E-state index in [1.54, 1.807) is 14.2 Å². The Morgan fingerprint density at radius 1 is 0.757 bits per heavy atom. The second-order valence-corrected chi connectivity index (χ2v) is 9.67. The van der Waals surface area contributed by atoms with Gasteiger partial charge in [0.05, 0.1) is 32.0 Å². The molecule has 0 bridgehead atoms. The zero-order valence-corrected chi connectivity index (χ0v) is 22.1. The van der Waals surface area contributed by atoms with Crippen LogP contribution in [0.4, 0.5) is 0 Å². The van der Waals surface area contributed by atoms with Crippen molar-refractivity contribution in [2.24, 2.45) is 0 Å². The largest absolute Gasteiger partial charge is 0.497 e. The van der Waals surface area contributed by atoms with Gasteiger partial charge in [0, 0.05) is 37.4 Å². The van der Waals surface area contributed by atoms with Gasteiger partial charge in [0.1, 0.15) is 17.3 Å². The molecule has 1 atom stereocenters. The summed E-state index contributed by atoms with van der Waals surface area (Å²) in [5, 5.41) is 0. The summed E-state index contributed by atoms with van der Waals surface area (Å²) in [4.78, 5) is 13.6. The van der Waals surface area contributed by atoms with Gasteiger partial charge in [-0.25, -0.2) is 4.98 Å². The molecule has 192 valence electrons. The van der Waals surface area contributed by atoms with Crippen molar-refractivity contribution in [1.82, 2.24) is 19.8 Å². The molecular formula is C31H36N4O2. The number of aromatic amines is 1. The zero-order valence-electron chi connectivity index (χ0n) is 22.1. The predicted octanol–water partition coefficient (Wildman–Crippen LogP) is 5.87. The maximum atomic E-state index is 5.55. The Bertz CT molecular complexity index is 1260.